The third kappa shape index (κ3) is 3.66. The number of nitrogens with zero attached hydrogens (tertiary/aromatic N) is 4. The van der Waals surface area contributed by atoms with E-state index in [-0.39, 0.29) is 0 Å². The van der Waals surface area contributed by atoms with Gasteiger partial charge in [0.1, 0.15) is 0 Å². The lowest BCUT2D eigenvalue weighted by Gasteiger charge is -2.09. The number of H-pyrrole nitrogens is 1. The molecule has 4 heterocycles. The van der Waals surface area contributed by atoms with Crippen molar-refractivity contribution >= 4 is 78.0 Å². The highest BCUT2D eigenvalue weighted by Crippen LogP contribution is 2.32. The van der Waals surface area contributed by atoms with Crippen LogP contribution in [0.4, 0.5) is 22.6 Å². The molecule has 0 unspecified atom stereocenters. The van der Waals surface area contributed by atoms with Gasteiger partial charge in [0.25, 0.3) is 0 Å². The first-order valence-electron chi connectivity index (χ1n) is 9.65. The first-order valence-corrected chi connectivity index (χ1v) is 11.8. The maximum atomic E-state index is 5.99. The quantitative estimate of drug-likeness (QED) is 0.253. The Kier molecular flexibility index (Phi) is 4.71. The summed E-state index contributed by atoms with van der Waals surface area (Å²) in [5.74, 6) is 1.23. The van der Waals surface area contributed by atoms with Gasteiger partial charge in [-0.2, -0.15) is 10.1 Å². The number of thiophene rings is 1. The third-order valence-corrected chi connectivity index (χ3v) is 6.79. The molecule has 32 heavy (non-hydrogen) atoms. The molecule has 0 saturated carbocycles. The fourth-order valence-corrected chi connectivity index (χ4v) is 4.96. The van der Waals surface area contributed by atoms with Crippen LogP contribution in [0.2, 0.25) is 5.02 Å². The zero-order valence-corrected chi connectivity index (χ0v) is 18.7. The van der Waals surface area contributed by atoms with Crippen molar-refractivity contribution in [1.29, 1.82) is 0 Å². The fourth-order valence-electron chi connectivity index (χ4n) is 3.34. The van der Waals surface area contributed by atoms with Crippen LogP contribution in [0.5, 0.6) is 0 Å². The maximum absolute atomic E-state index is 5.99. The summed E-state index contributed by atoms with van der Waals surface area (Å²) in [6, 6.07) is 15.6. The molecule has 0 aliphatic carbocycles. The molecule has 7 nitrogen and oxygen atoms in total. The Morgan fingerprint density at radius 2 is 1.81 bits per heavy atom. The average molecular weight is 476 g/mol. The van der Waals surface area contributed by atoms with Crippen molar-refractivity contribution in [3.63, 3.8) is 0 Å². The van der Waals surface area contributed by atoms with Crippen LogP contribution < -0.4 is 10.6 Å². The molecule has 0 saturated heterocycles. The van der Waals surface area contributed by atoms with E-state index in [1.807, 2.05) is 59.3 Å². The molecule has 0 aliphatic rings. The van der Waals surface area contributed by atoms with Gasteiger partial charge in [0.15, 0.2) is 10.9 Å². The Hall–Kier alpha value is -3.53. The summed E-state index contributed by atoms with van der Waals surface area (Å²) < 4.78 is 0.990. The molecular formula is C22H14ClN7S2. The molecule has 0 radical (unpaired) electrons. The Morgan fingerprint density at radius 1 is 0.906 bits per heavy atom. The number of anilines is 4. The van der Waals surface area contributed by atoms with Crippen LogP contribution in [0.15, 0.2) is 65.5 Å². The van der Waals surface area contributed by atoms with Crippen LogP contribution in [0.3, 0.4) is 0 Å². The standard InChI is InChI=1S/C22H14ClN7S2/c23-14-3-1-12(2-4-14)18-11-32-22(27-18)29-21-26-17-7-8-31-19(17)20(28-21)25-15-5-6-16-13(9-15)10-24-30-16/h1-11H,(H,24,30)(H2,25,26,27,28,29). The minimum Gasteiger partial charge on any atom is -0.339 e. The number of halogens is 1. The van der Waals surface area contributed by atoms with Crippen molar-refractivity contribution in [3.05, 3.63) is 70.5 Å². The van der Waals surface area contributed by atoms with Gasteiger partial charge in [0.05, 0.1) is 27.6 Å². The summed E-state index contributed by atoms with van der Waals surface area (Å²) in [5, 5.41) is 20.2. The summed E-state index contributed by atoms with van der Waals surface area (Å²) in [7, 11) is 0. The van der Waals surface area contributed by atoms with E-state index in [4.69, 9.17) is 16.6 Å². The van der Waals surface area contributed by atoms with Crippen LogP contribution in [-0.2, 0) is 0 Å². The van der Waals surface area contributed by atoms with Gasteiger partial charge >= 0.3 is 0 Å². The number of benzene rings is 2. The molecule has 6 rings (SSSR count). The number of nitrogens with one attached hydrogen (secondary N) is 3. The van der Waals surface area contributed by atoms with Crippen LogP contribution in [0, 0.1) is 0 Å². The molecule has 4 aromatic heterocycles. The maximum Gasteiger partial charge on any atom is 0.231 e. The molecule has 156 valence electrons. The van der Waals surface area contributed by atoms with E-state index in [2.05, 4.69) is 30.8 Å². The molecule has 0 spiro atoms. The Bertz CT molecular complexity index is 1550. The molecule has 0 atom stereocenters. The predicted octanol–water partition coefficient (Wildman–Crippen LogP) is 6.83. The molecule has 0 bridgehead atoms. The van der Waals surface area contributed by atoms with E-state index >= 15 is 0 Å². The predicted molar refractivity (Wildman–Crippen MR) is 133 cm³/mol. The first kappa shape index (κ1) is 19.2. The SMILES string of the molecule is Clc1ccc(-c2csc(Nc3nc(Nc4ccc5[nH]ncc5c4)c4sccc4n3)n2)cc1. The minimum atomic E-state index is 0.486. The number of aromatic nitrogens is 5. The van der Waals surface area contributed by atoms with Crippen LogP contribution in [-0.4, -0.2) is 25.1 Å². The summed E-state index contributed by atoms with van der Waals surface area (Å²) in [4.78, 5) is 14.0. The highest BCUT2D eigenvalue weighted by molar-refractivity contribution is 7.17. The van der Waals surface area contributed by atoms with Crippen molar-refractivity contribution < 1.29 is 0 Å². The van der Waals surface area contributed by atoms with Crippen molar-refractivity contribution in [2.45, 2.75) is 0 Å². The van der Waals surface area contributed by atoms with Crippen molar-refractivity contribution in [3.8, 4) is 11.3 Å². The molecule has 3 N–H and O–H groups in total. The number of thiazole rings is 1. The lowest BCUT2D eigenvalue weighted by molar-refractivity contribution is 1.12. The van der Waals surface area contributed by atoms with Gasteiger partial charge in [-0.15, -0.1) is 22.7 Å². The lowest BCUT2D eigenvalue weighted by Crippen LogP contribution is -2.01. The molecule has 6 aromatic rings. The Labute approximate surface area is 195 Å². The highest BCUT2D eigenvalue weighted by atomic mass is 35.5. The number of hydrogen-bond acceptors (Lipinski definition) is 8. The zero-order valence-electron chi connectivity index (χ0n) is 16.3. The molecule has 10 heteroatoms. The lowest BCUT2D eigenvalue weighted by atomic mass is 10.2. The van der Waals surface area contributed by atoms with Crippen LogP contribution in [0.25, 0.3) is 32.4 Å². The number of hydrogen-bond donors (Lipinski definition) is 3. The van der Waals surface area contributed by atoms with E-state index in [1.54, 1.807) is 17.5 Å². The second kappa shape index (κ2) is 7.86. The van der Waals surface area contributed by atoms with E-state index < -0.39 is 0 Å². The molecule has 2 aromatic carbocycles. The van der Waals surface area contributed by atoms with Gasteiger partial charge in [0, 0.05) is 27.0 Å². The van der Waals surface area contributed by atoms with E-state index in [0.29, 0.717) is 11.0 Å². The summed E-state index contributed by atoms with van der Waals surface area (Å²) in [5.41, 5.74) is 4.66. The van der Waals surface area contributed by atoms with Crippen molar-refractivity contribution in [2.75, 3.05) is 10.6 Å². The monoisotopic (exact) mass is 475 g/mol. The average Bonchev–Trinajstić information content (AvgIpc) is 3.55. The summed E-state index contributed by atoms with van der Waals surface area (Å²) >= 11 is 9.09. The van der Waals surface area contributed by atoms with Crippen LogP contribution >= 0.6 is 34.3 Å². The van der Waals surface area contributed by atoms with Gasteiger partial charge in [0.2, 0.25) is 5.95 Å². The van der Waals surface area contributed by atoms with E-state index in [9.17, 15) is 0 Å². The number of fused-ring (bicyclic) bond motifs is 2. The van der Waals surface area contributed by atoms with E-state index in [1.165, 1.54) is 11.3 Å². The molecule has 0 amide bonds. The zero-order chi connectivity index (χ0) is 21.5. The van der Waals surface area contributed by atoms with Gasteiger partial charge in [-0.3, -0.25) is 10.4 Å². The number of rotatable bonds is 5. The fraction of sp³-hybridized carbons (Fsp3) is 0. The van der Waals surface area contributed by atoms with Gasteiger partial charge in [-0.25, -0.2) is 9.97 Å². The Balaban J connectivity index is 1.31. The van der Waals surface area contributed by atoms with E-state index in [0.717, 1.165) is 49.0 Å². The smallest absolute Gasteiger partial charge is 0.231 e. The summed E-state index contributed by atoms with van der Waals surface area (Å²) in [6.45, 7) is 0. The van der Waals surface area contributed by atoms with Crippen molar-refractivity contribution in [1.82, 2.24) is 25.1 Å². The largest absolute Gasteiger partial charge is 0.339 e. The van der Waals surface area contributed by atoms with Gasteiger partial charge in [-0.05, 0) is 41.8 Å². The first-order chi connectivity index (χ1) is 15.7. The van der Waals surface area contributed by atoms with Crippen molar-refractivity contribution in [2.24, 2.45) is 0 Å². The second-order valence-corrected chi connectivity index (χ2v) is 9.21. The van der Waals surface area contributed by atoms with Gasteiger partial charge < -0.3 is 5.32 Å². The third-order valence-electron chi connectivity index (χ3n) is 4.87. The Morgan fingerprint density at radius 3 is 2.72 bits per heavy atom. The molecule has 0 fully saturated rings. The minimum absolute atomic E-state index is 0.486. The topological polar surface area (TPSA) is 91.4 Å². The summed E-state index contributed by atoms with van der Waals surface area (Å²) in [6.07, 6.45) is 1.80. The molecule has 0 aliphatic heterocycles. The van der Waals surface area contributed by atoms with Gasteiger partial charge in [-0.1, -0.05) is 23.7 Å². The van der Waals surface area contributed by atoms with Crippen LogP contribution in [0.1, 0.15) is 0 Å². The normalized spacial score (nSPS) is 11.3. The molecular weight excluding hydrogens is 462 g/mol. The second-order valence-electron chi connectivity index (χ2n) is 7.00. The number of aromatic amines is 1. The highest BCUT2D eigenvalue weighted by Gasteiger charge is 2.12.